The Balaban J connectivity index is 1.87. The van der Waals surface area contributed by atoms with Crippen molar-refractivity contribution in [3.8, 4) is 0 Å². The van der Waals surface area contributed by atoms with Crippen LogP contribution in [-0.2, 0) is 11.2 Å². The SMILES string of the molecule is CCc1cccc(NC(=O)CNc2ccc(I)cc2)c1. The number of hydrogen-bond acceptors (Lipinski definition) is 2. The molecule has 20 heavy (non-hydrogen) atoms. The van der Waals surface area contributed by atoms with Gasteiger partial charge in [0.2, 0.25) is 5.91 Å². The molecule has 0 atom stereocenters. The van der Waals surface area contributed by atoms with E-state index in [-0.39, 0.29) is 12.5 Å². The van der Waals surface area contributed by atoms with Gasteiger partial charge in [0, 0.05) is 14.9 Å². The Labute approximate surface area is 132 Å². The first-order chi connectivity index (χ1) is 9.67. The van der Waals surface area contributed by atoms with Crippen molar-refractivity contribution in [3.63, 3.8) is 0 Å². The van der Waals surface area contributed by atoms with Crippen molar-refractivity contribution < 1.29 is 4.79 Å². The van der Waals surface area contributed by atoms with Crippen LogP contribution in [0, 0.1) is 3.57 Å². The van der Waals surface area contributed by atoms with Gasteiger partial charge < -0.3 is 10.6 Å². The smallest absolute Gasteiger partial charge is 0.243 e. The standard InChI is InChI=1S/C16H17IN2O/c1-2-12-4-3-5-15(10-12)19-16(20)11-18-14-8-6-13(17)7-9-14/h3-10,18H,2,11H2,1H3,(H,19,20). The maximum absolute atomic E-state index is 11.9. The van der Waals surface area contributed by atoms with E-state index in [4.69, 9.17) is 0 Å². The van der Waals surface area contributed by atoms with E-state index in [1.165, 1.54) is 9.13 Å². The van der Waals surface area contributed by atoms with E-state index in [2.05, 4.69) is 46.2 Å². The third-order valence-corrected chi connectivity index (χ3v) is 3.64. The molecule has 2 aromatic rings. The molecule has 0 unspecified atom stereocenters. The largest absolute Gasteiger partial charge is 0.376 e. The minimum Gasteiger partial charge on any atom is -0.376 e. The summed E-state index contributed by atoms with van der Waals surface area (Å²) in [6.45, 7) is 2.36. The van der Waals surface area contributed by atoms with Gasteiger partial charge in [-0.2, -0.15) is 0 Å². The summed E-state index contributed by atoms with van der Waals surface area (Å²) in [5.74, 6) is -0.0446. The first kappa shape index (κ1) is 14.8. The van der Waals surface area contributed by atoms with Crippen LogP contribution in [0.2, 0.25) is 0 Å². The molecule has 1 amide bonds. The summed E-state index contributed by atoms with van der Waals surface area (Å²) in [6.07, 6.45) is 0.963. The third-order valence-electron chi connectivity index (χ3n) is 2.92. The molecule has 2 aromatic carbocycles. The lowest BCUT2D eigenvalue weighted by atomic mass is 10.1. The maximum atomic E-state index is 11.9. The van der Waals surface area contributed by atoms with Crippen LogP contribution in [0.25, 0.3) is 0 Å². The van der Waals surface area contributed by atoms with E-state index in [1.807, 2.05) is 42.5 Å². The lowest BCUT2D eigenvalue weighted by molar-refractivity contribution is -0.114. The maximum Gasteiger partial charge on any atom is 0.243 e. The van der Waals surface area contributed by atoms with Gasteiger partial charge in [-0.15, -0.1) is 0 Å². The molecule has 0 radical (unpaired) electrons. The topological polar surface area (TPSA) is 41.1 Å². The third kappa shape index (κ3) is 4.52. The first-order valence-corrected chi connectivity index (χ1v) is 7.63. The molecule has 0 saturated carbocycles. The fourth-order valence-corrected chi connectivity index (χ4v) is 2.18. The summed E-state index contributed by atoms with van der Waals surface area (Å²) in [6, 6.07) is 15.9. The van der Waals surface area contributed by atoms with Gasteiger partial charge in [-0.3, -0.25) is 4.79 Å². The second-order valence-corrected chi connectivity index (χ2v) is 5.71. The zero-order chi connectivity index (χ0) is 14.4. The lowest BCUT2D eigenvalue weighted by Crippen LogP contribution is -2.21. The van der Waals surface area contributed by atoms with Crippen LogP contribution in [0.3, 0.4) is 0 Å². The van der Waals surface area contributed by atoms with Crippen LogP contribution in [0.15, 0.2) is 48.5 Å². The Kier molecular flexibility index (Phi) is 5.40. The minimum atomic E-state index is -0.0446. The van der Waals surface area contributed by atoms with Crippen molar-refractivity contribution in [3.05, 3.63) is 57.7 Å². The van der Waals surface area contributed by atoms with Gasteiger partial charge in [0.05, 0.1) is 6.54 Å². The van der Waals surface area contributed by atoms with Gasteiger partial charge in [-0.25, -0.2) is 0 Å². The van der Waals surface area contributed by atoms with Crippen molar-refractivity contribution in [1.82, 2.24) is 0 Å². The zero-order valence-corrected chi connectivity index (χ0v) is 13.5. The highest BCUT2D eigenvalue weighted by atomic mass is 127. The number of aryl methyl sites for hydroxylation is 1. The Bertz CT molecular complexity index is 581. The van der Waals surface area contributed by atoms with Gasteiger partial charge in [0.1, 0.15) is 0 Å². The van der Waals surface area contributed by atoms with Gasteiger partial charge >= 0.3 is 0 Å². The predicted molar refractivity (Wildman–Crippen MR) is 92.1 cm³/mol. The number of benzene rings is 2. The molecule has 0 aliphatic heterocycles. The number of halogens is 1. The Morgan fingerprint density at radius 1 is 1.10 bits per heavy atom. The molecule has 104 valence electrons. The summed E-state index contributed by atoms with van der Waals surface area (Å²) in [5.41, 5.74) is 3.01. The van der Waals surface area contributed by atoms with Crippen LogP contribution in [0.4, 0.5) is 11.4 Å². The van der Waals surface area contributed by atoms with E-state index in [1.54, 1.807) is 0 Å². The average Bonchev–Trinajstić information content (AvgIpc) is 2.47. The van der Waals surface area contributed by atoms with Crippen LogP contribution in [0.5, 0.6) is 0 Å². The normalized spacial score (nSPS) is 10.1. The number of hydrogen-bond donors (Lipinski definition) is 2. The second-order valence-electron chi connectivity index (χ2n) is 4.46. The highest BCUT2D eigenvalue weighted by Crippen LogP contribution is 2.12. The highest BCUT2D eigenvalue weighted by Gasteiger charge is 2.02. The van der Waals surface area contributed by atoms with E-state index in [0.29, 0.717) is 0 Å². The van der Waals surface area contributed by atoms with E-state index in [0.717, 1.165) is 17.8 Å². The van der Waals surface area contributed by atoms with Gasteiger partial charge in [-0.05, 0) is 71.0 Å². The quantitative estimate of drug-likeness (QED) is 0.773. The van der Waals surface area contributed by atoms with Gasteiger partial charge in [0.15, 0.2) is 0 Å². The summed E-state index contributed by atoms with van der Waals surface area (Å²) in [7, 11) is 0. The van der Waals surface area contributed by atoms with Crippen molar-refractivity contribution in [2.45, 2.75) is 13.3 Å². The van der Waals surface area contributed by atoms with Crippen molar-refractivity contribution >= 4 is 39.9 Å². The summed E-state index contributed by atoms with van der Waals surface area (Å²) in [5, 5.41) is 6.00. The van der Waals surface area contributed by atoms with Gasteiger partial charge in [0.25, 0.3) is 0 Å². The Morgan fingerprint density at radius 2 is 1.85 bits per heavy atom. The van der Waals surface area contributed by atoms with Crippen LogP contribution in [0.1, 0.15) is 12.5 Å². The molecule has 0 saturated heterocycles. The Hall–Kier alpha value is -1.56. The fourth-order valence-electron chi connectivity index (χ4n) is 1.82. The lowest BCUT2D eigenvalue weighted by Gasteiger charge is -2.08. The Morgan fingerprint density at radius 3 is 2.55 bits per heavy atom. The molecule has 0 aromatic heterocycles. The number of nitrogens with one attached hydrogen (secondary N) is 2. The van der Waals surface area contributed by atoms with Crippen LogP contribution in [-0.4, -0.2) is 12.5 Å². The molecule has 0 heterocycles. The van der Waals surface area contributed by atoms with Gasteiger partial charge in [-0.1, -0.05) is 19.1 Å². The predicted octanol–water partition coefficient (Wildman–Crippen LogP) is 3.90. The van der Waals surface area contributed by atoms with E-state index >= 15 is 0 Å². The monoisotopic (exact) mass is 380 g/mol. The van der Waals surface area contributed by atoms with Crippen LogP contribution >= 0.6 is 22.6 Å². The summed E-state index contributed by atoms with van der Waals surface area (Å²) in [4.78, 5) is 11.9. The van der Waals surface area contributed by atoms with Crippen LogP contribution < -0.4 is 10.6 Å². The molecular formula is C16H17IN2O. The molecule has 0 bridgehead atoms. The number of rotatable bonds is 5. The molecule has 2 N–H and O–H groups in total. The number of amides is 1. The highest BCUT2D eigenvalue weighted by molar-refractivity contribution is 14.1. The molecule has 0 spiro atoms. The second kappa shape index (κ2) is 7.28. The van der Waals surface area contributed by atoms with E-state index in [9.17, 15) is 4.79 Å². The minimum absolute atomic E-state index is 0.0446. The summed E-state index contributed by atoms with van der Waals surface area (Å²) >= 11 is 2.25. The average molecular weight is 380 g/mol. The fraction of sp³-hybridized carbons (Fsp3) is 0.188. The molecular weight excluding hydrogens is 363 g/mol. The summed E-state index contributed by atoms with van der Waals surface area (Å²) < 4.78 is 1.17. The molecule has 4 heteroatoms. The molecule has 3 nitrogen and oxygen atoms in total. The van der Waals surface area contributed by atoms with Crippen molar-refractivity contribution in [2.24, 2.45) is 0 Å². The van der Waals surface area contributed by atoms with Crippen molar-refractivity contribution in [2.75, 3.05) is 17.2 Å². The number of carbonyl (C=O) groups is 1. The number of anilines is 2. The molecule has 0 aliphatic carbocycles. The van der Waals surface area contributed by atoms with E-state index < -0.39 is 0 Å². The molecule has 2 rings (SSSR count). The zero-order valence-electron chi connectivity index (χ0n) is 11.3. The van der Waals surface area contributed by atoms with Crippen molar-refractivity contribution in [1.29, 1.82) is 0 Å². The first-order valence-electron chi connectivity index (χ1n) is 6.55. The number of carbonyl (C=O) groups excluding carboxylic acids is 1. The molecule has 0 aliphatic rings. The molecule has 0 fully saturated rings.